The number of oxazole rings is 1. The number of likely N-dealkylation sites (tertiary alicyclic amines) is 1. The summed E-state index contributed by atoms with van der Waals surface area (Å²) in [5.41, 5.74) is 0. The standard InChI is InChI=1S/C18H26N6O/c1-22(2)16-11-17(21-13-20-16)24(14-3-4-14)15-5-8-23(9-6-15)12-18-19-7-10-25-18/h7,10-11,13-15H,3-6,8-9,12H2,1-2H3. The van der Waals surface area contributed by atoms with Crippen molar-refractivity contribution in [2.75, 3.05) is 37.0 Å². The summed E-state index contributed by atoms with van der Waals surface area (Å²) in [5.74, 6) is 2.85. The highest BCUT2D eigenvalue weighted by Gasteiger charge is 2.36. The van der Waals surface area contributed by atoms with Gasteiger partial charge in [0.05, 0.1) is 12.7 Å². The second kappa shape index (κ2) is 7.00. The van der Waals surface area contributed by atoms with Gasteiger partial charge in [-0.1, -0.05) is 0 Å². The lowest BCUT2D eigenvalue weighted by Crippen LogP contribution is -2.46. The summed E-state index contributed by atoms with van der Waals surface area (Å²) in [7, 11) is 4.05. The molecule has 7 nitrogen and oxygen atoms in total. The first kappa shape index (κ1) is 16.3. The maximum Gasteiger partial charge on any atom is 0.208 e. The van der Waals surface area contributed by atoms with Crippen LogP contribution >= 0.6 is 0 Å². The van der Waals surface area contributed by atoms with Gasteiger partial charge in [0, 0.05) is 45.3 Å². The van der Waals surface area contributed by atoms with Crippen molar-refractivity contribution in [3.8, 4) is 0 Å². The van der Waals surface area contributed by atoms with Crippen LogP contribution in [0.15, 0.2) is 29.3 Å². The Morgan fingerprint density at radius 2 is 1.76 bits per heavy atom. The quantitative estimate of drug-likeness (QED) is 0.797. The zero-order chi connectivity index (χ0) is 17.2. The van der Waals surface area contributed by atoms with Gasteiger partial charge >= 0.3 is 0 Å². The predicted molar refractivity (Wildman–Crippen MR) is 96.7 cm³/mol. The zero-order valence-corrected chi connectivity index (χ0v) is 15.0. The van der Waals surface area contributed by atoms with E-state index in [9.17, 15) is 0 Å². The first-order valence-electron chi connectivity index (χ1n) is 9.09. The molecule has 0 spiro atoms. The molecule has 2 aromatic heterocycles. The van der Waals surface area contributed by atoms with Crippen LogP contribution in [0.4, 0.5) is 11.6 Å². The van der Waals surface area contributed by atoms with E-state index in [0.717, 1.165) is 50.0 Å². The lowest BCUT2D eigenvalue weighted by molar-refractivity contribution is 0.184. The fraction of sp³-hybridized carbons (Fsp3) is 0.611. The van der Waals surface area contributed by atoms with Crippen LogP contribution in [0.25, 0.3) is 0 Å². The number of nitrogens with zero attached hydrogens (tertiary/aromatic N) is 6. The van der Waals surface area contributed by atoms with E-state index in [1.165, 1.54) is 12.8 Å². The highest BCUT2D eigenvalue weighted by atomic mass is 16.3. The molecule has 7 heteroatoms. The number of piperidine rings is 1. The predicted octanol–water partition coefficient (Wildman–Crippen LogP) is 2.16. The summed E-state index contributed by atoms with van der Waals surface area (Å²) >= 11 is 0. The molecule has 1 saturated carbocycles. The van der Waals surface area contributed by atoms with Gasteiger partial charge in [-0.3, -0.25) is 4.90 Å². The van der Waals surface area contributed by atoms with Gasteiger partial charge in [0.25, 0.3) is 0 Å². The summed E-state index contributed by atoms with van der Waals surface area (Å²) in [6, 6.07) is 3.32. The minimum Gasteiger partial charge on any atom is -0.448 e. The molecule has 1 aliphatic carbocycles. The molecule has 0 radical (unpaired) electrons. The highest BCUT2D eigenvalue weighted by molar-refractivity contribution is 5.51. The van der Waals surface area contributed by atoms with Gasteiger partial charge in [0.15, 0.2) is 0 Å². The van der Waals surface area contributed by atoms with E-state index in [1.54, 1.807) is 18.8 Å². The number of rotatable bonds is 6. The SMILES string of the molecule is CN(C)c1cc(N(C2CC2)C2CCN(Cc3ncco3)CC2)ncn1. The average molecular weight is 342 g/mol. The summed E-state index contributed by atoms with van der Waals surface area (Å²) in [6.07, 6.45) is 9.91. The van der Waals surface area contributed by atoms with Gasteiger partial charge in [0.1, 0.15) is 24.2 Å². The molecule has 0 bridgehead atoms. The van der Waals surface area contributed by atoms with Crippen LogP contribution in [0.3, 0.4) is 0 Å². The van der Waals surface area contributed by atoms with E-state index in [1.807, 2.05) is 19.0 Å². The molecular weight excluding hydrogens is 316 g/mol. The van der Waals surface area contributed by atoms with Crippen molar-refractivity contribution < 1.29 is 4.42 Å². The molecule has 0 N–H and O–H groups in total. The number of anilines is 2. The fourth-order valence-electron chi connectivity index (χ4n) is 3.63. The molecule has 25 heavy (non-hydrogen) atoms. The van der Waals surface area contributed by atoms with Crippen molar-refractivity contribution in [3.63, 3.8) is 0 Å². The van der Waals surface area contributed by atoms with Gasteiger partial charge in [-0.25, -0.2) is 15.0 Å². The molecule has 0 amide bonds. The second-order valence-electron chi connectivity index (χ2n) is 7.20. The number of hydrogen-bond donors (Lipinski definition) is 0. The normalized spacial score (nSPS) is 19.1. The van der Waals surface area contributed by atoms with Crippen LogP contribution in [0, 0.1) is 0 Å². The molecule has 4 rings (SSSR count). The maximum atomic E-state index is 5.38. The Kier molecular flexibility index (Phi) is 4.57. The van der Waals surface area contributed by atoms with E-state index in [2.05, 4.69) is 30.8 Å². The molecule has 3 heterocycles. The Balaban J connectivity index is 1.43. The summed E-state index contributed by atoms with van der Waals surface area (Å²) in [5, 5.41) is 0. The Bertz CT molecular complexity index is 677. The monoisotopic (exact) mass is 342 g/mol. The van der Waals surface area contributed by atoms with E-state index < -0.39 is 0 Å². The van der Waals surface area contributed by atoms with Crippen molar-refractivity contribution in [1.29, 1.82) is 0 Å². The average Bonchev–Trinajstić information content (AvgIpc) is 3.32. The molecule has 1 aliphatic heterocycles. The molecule has 0 atom stereocenters. The minimum absolute atomic E-state index is 0.554. The van der Waals surface area contributed by atoms with Crippen molar-refractivity contribution in [2.24, 2.45) is 0 Å². The topological polar surface area (TPSA) is 61.5 Å². The summed E-state index contributed by atoms with van der Waals surface area (Å²) in [4.78, 5) is 20.2. The van der Waals surface area contributed by atoms with Crippen LogP contribution in [0.5, 0.6) is 0 Å². The molecule has 0 aromatic carbocycles. The van der Waals surface area contributed by atoms with Gasteiger partial charge in [0.2, 0.25) is 5.89 Å². The maximum absolute atomic E-state index is 5.38. The summed E-state index contributed by atoms with van der Waals surface area (Å²) < 4.78 is 5.38. The van der Waals surface area contributed by atoms with Gasteiger partial charge in [-0.15, -0.1) is 0 Å². The number of aromatic nitrogens is 3. The minimum atomic E-state index is 0.554. The van der Waals surface area contributed by atoms with Gasteiger partial charge in [-0.05, 0) is 25.7 Å². The van der Waals surface area contributed by atoms with Crippen LogP contribution in [-0.2, 0) is 6.54 Å². The first-order valence-corrected chi connectivity index (χ1v) is 9.09. The van der Waals surface area contributed by atoms with Gasteiger partial charge < -0.3 is 14.2 Å². The van der Waals surface area contributed by atoms with E-state index in [4.69, 9.17) is 4.42 Å². The summed E-state index contributed by atoms with van der Waals surface area (Å²) in [6.45, 7) is 2.95. The van der Waals surface area contributed by atoms with Crippen molar-refractivity contribution in [3.05, 3.63) is 30.7 Å². The Morgan fingerprint density at radius 1 is 1.04 bits per heavy atom. The van der Waals surface area contributed by atoms with Crippen molar-refractivity contribution in [1.82, 2.24) is 19.9 Å². The molecule has 1 saturated heterocycles. The Labute approximate surface area is 148 Å². The molecule has 134 valence electrons. The molecule has 0 unspecified atom stereocenters. The van der Waals surface area contributed by atoms with E-state index in [0.29, 0.717) is 12.1 Å². The number of hydrogen-bond acceptors (Lipinski definition) is 7. The largest absolute Gasteiger partial charge is 0.448 e. The second-order valence-corrected chi connectivity index (χ2v) is 7.20. The lowest BCUT2D eigenvalue weighted by atomic mass is 10.0. The van der Waals surface area contributed by atoms with E-state index in [-0.39, 0.29) is 0 Å². The van der Waals surface area contributed by atoms with Crippen molar-refractivity contribution >= 4 is 11.6 Å². The fourth-order valence-corrected chi connectivity index (χ4v) is 3.63. The Hall–Kier alpha value is -2.15. The third kappa shape index (κ3) is 3.76. The molecular formula is C18H26N6O. The molecule has 2 aliphatic rings. The van der Waals surface area contributed by atoms with Crippen molar-refractivity contribution in [2.45, 2.75) is 44.3 Å². The van der Waals surface area contributed by atoms with E-state index >= 15 is 0 Å². The molecule has 2 fully saturated rings. The third-order valence-corrected chi connectivity index (χ3v) is 5.09. The Morgan fingerprint density at radius 3 is 2.40 bits per heavy atom. The van der Waals surface area contributed by atoms with Crippen LogP contribution < -0.4 is 9.80 Å². The van der Waals surface area contributed by atoms with Crippen LogP contribution in [0.2, 0.25) is 0 Å². The van der Waals surface area contributed by atoms with Gasteiger partial charge in [-0.2, -0.15) is 0 Å². The van der Waals surface area contributed by atoms with Crippen LogP contribution in [0.1, 0.15) is 31.6 Å². The third-order valence-electron chi connectivity index (χ3n) is 5.09. The highest BCUT2D eigenvalue weighted by Crippen LogP contribution is 2.36. The lowest BCUT2D eigenvalue weighted by Gasteiger charge is -2.39. The van der Waals surface area contributed by atoms with Crippen LogP contribution in [-0.4, -0.2) is 59.1 Å². The smallest absolute Gasteiger partial charge is 0.208 e. The zero-order valence-electron chi connectivity index (χ0n) is 15.0. The first-order chi connectivity index (χ1) is 12.2. The molecule has 2 aromatic rings.